The van der Waals surface area contributed by atoms with Crippen LogP contribution < -0.4 is 11.1 Å². The number of nitrogens with zero attached hydrogens (tertiary/aromatic N) is 2. The van der Waals surface area contributed by atoms with Crippen molar-refractivity contribution in [1.29, 1.82) is 0 Å². The molecule has 14 atom stereocenters. The Labute approximate surface area is 300 Å². The van der Waals surface area contributed by atoms with Crippen LogP contribution in [0.4, 0.5) is 0 Å². The van der Waals surface area contributed by atoms with Crippen LogP contribution in [0.5, 0.6) is 0 Å². The zero-order valence-electron chi connectivity index (χ0n) is 32.5. The Hall–Kier alpha value is -1.26. The highest BCUT2D eigenvalue weighted by Gasteiger charge is 2.55. The molecule has 50 heavy (non-hydrogen) atoms. The van der Waals surface area contributed by atoms with Crippen LogP contribution in [0.15, 0.2) is 0 Å². The van der Waals surface area contributed by atoms with E-state index in [9.17, 15) is 24.9 Å². The number of carbonyl (C=O) groups excluding carboxylic acids is 2. The van der Waals surface area contributed by atoms with Crippen molar-refractivity contribution in [3.05, 3.63) is 0 Å². The summed E-state index contributed by atoms with van der Waals surface area (Å²) in [5, 5.41) is 38.3. The van der Waals surface area contributed by atoms with Crippen LogP contribution in [-0.4, -0.2) is 150 Å². The number of cyclic esters (lactones) is 1. The van der Waals surface area contributed by atoms with Crippen molar-refractivity contribution >= 4 is 11.8 Å². The summed E-state index contributed by atoms with van der Waals surface area (Å²) in [4.78, 5) is 32.0. The van der Waals surface area contributed by atoms with E-state index in [0.29, 0.717) is 39.0 Å². The molecule has 3 aliphatic heterocycles. The molecule has 3 aliphatic rings. The number of ether oxygens (including phenoxy) is 4. The molecule has 13 heteroatoms. The minimum absolute atomic E-state index is 0.0603. The second kappa shape index (κ2) is 18.7. The van der Waals surface area contributed by atoms with Crippen LogP contribution in [0.3, 0.4) is 0 Å². The highest BCUT2D eigenvalue weighted by atomic mass is 16.7. The highest BCUT2D eigenvalue weighted by molar-refractivity contribution is 6.00. The van der Waals surface area contributed by atoms with Crippen LogP contribution >= 0.6 is 0 Å². The van der Waals surface area contributed by atoms with Gasteiger partial charge in [-0.05, 0) is 100 Å². The molecule has 0 aromatic carbocycles. The lowest BCUT2D eigenvalue weighted by Gasteiger charge is -2.46. The molecule has 3 rings (SSSR count). The van der Waals surface area contributed by atoms with Crippen molar-refractivity contribution in [3.63, 3.8) is 0 Å². The van der Waals surface area contributed by atoms with Gasteiger partial charge in [-0.1, -0.05) is 27.2 Å². The SMILES string of the molecule is CCCCN(C)[C@H]1C[C@@H](C)O[C@@H](O[C@@H]2[C@@H](C)C(=O)[C@@H](C)C(=O)O[C@H](CC)[C@@](C)(O)[C@H](O)[C@@H](C)N(C)C[C@H]3C[C@@]2(C)OC3CNCCCN)[C@@H]1O. The summed E-state index contributed by atoms with van der Waals surface area (Å²) in [6.45, 7) is 17.5. The molecule has 1 unspecified atom stereocenters. The van der Waals surface area contributed by atoms with Crippen LogP contribution in [0.1, 0.15) is 93.9 Å². The summed E-state index contributed by atoms with van der Waals surface area (Å²) in [6.07, 6.45) is -1.51. The van der Waals surface area contributed by atoms with Crippen molar-refractivity contribution < 1.29 is 43.9 Å². The van der Waals surface area contributed by atoms with Crippen molar-refractivity contribution in [2.24, 2.45) is 23.5 Å². The number of ketones is 1. The van der Waals surface area contributed by atoms with Gasteiger partial charge in [0.05, 0.1) is 23.9 Å². The van der Waals surface area contributed by atoms with Gasteiger partial charge in [-0.25, -0.2) is 0 Å². The third kappa shape index (κ3) is 10.0. The minimum Gasteiger partial charge on any atom is -0.459 e. The van der Waals surface area contributed by atoms with Gasteiger partial charge in [0.2, 0.25) is 0 Å². The van der Waals surface area contributed by atoms with E-state index in [4.69, 9.17) is 24.7 Å². The van der Waals surface area contributed by atoms with Crippen molar-refractivity contribution in [2.75, 3.05) is 46.8 Å². The molecule has 2 bridgehead atoms. The molecular weight excluding hydrogens is 644 g/mol. The van der Waals surface area contributed by atoms with E-state index in [1.54, 1.807) is 13.8 Å². The molecule has 0 aromatic heterocycles. The molecule has 0 spiro atoms. The maximum absolute atomic E-state index is 14.3. The van der Waals surface area contributed by atoms with Crippen molar-refractivity contribution in [1.82, 2.24) is 15.1 Å². The molecule has 0 saturated carbocycles. The Morgan fingerprint density at radius 2 is 1.80 bits per heavy atom. The average Bonchev–Trinajstić information content (AvgIpc) is 3.40. The second-order valence-corrected chi connectivity index (χ2v) is 15.9. The summed E-state index contributed by atoms with van der Waals surface area (Å²) in [7, 11) is 3.90. The third-order valence-electron chi connectivity index (χ3n) is 11.7. The normalized spacial score (nSPS) is 42.7. The summed E-state index contributed by atoms with van der Waals surface area (Å²) >= 11 is 0. The van der Waals surface area contributed by atoms with E-state index >= 15 is 0 Å². The topological polar surface area (TPSA) is 176 Å². The van der Waals surface area contributed by atoms with Gasteiger partial charge < -0.3 is 55.1 Å². The Balaban J connectivity index is 2.08. The Morgan fingerprint density at radius 3 is 2.42 bits per heavy atom. The maximum Gasteiger partial charge on any atom is 0.316 e. The molecule has 0 aromatic rings. The third-order valence-corrected chi connectivity index (χ3v) is 11.7. The number of esters is 1. The number of rotatable bonds is 12. The smallest absolute Gasteiger partial charge is 0.316 e. The van der Waals surface area contributed by atoms with Crippen LogP contribution in [-0.2, 0) is 28.5 Å². The lowest BCUT2D eigenvalue weighted by Crippen LogP contribution is -2.59. The largest absolute Gasteiger partial charge is 0.459 e. The van der Waals surface area contributed by atoms with Gasteiger partial charge in [0, 0.05) is 37.0 Å². The second-order valence-electron chi connectivity index (χ2n) is 15.9. The van der Waals surface area contributed by atoms with Gasteiger partial charge in [0.25, 0.3) is 0 Å². The molecule has 3 fully saturated rings. The van der Waals surface area contributed by atoms with E-state index in [1.807, 2.05) is 39.8 Å². The fourth-order valence-electron chi connectivity index (χ4n) is 8.25. The molecule has 3 saturated heterocycles. The fourth-order valence-corrected chi connectivity index (χ4v) is 8.25. The molecule has 13 nitrogen and oxygen atoms in total. The Bertz CT molecular complexity index is 1080. The first-order valence-electron chi connectivity index (χ1n) is 19.1. The summed E-state index contributed by atoms with van der Waals surface area (Å²) in [5.74, 6) is -3.30. The quantitative estimate of drug-likeness (QED) is 0.112. The molecule has 6 N–H and O–H groups in total. The van der Waals surface area contributed by atoms with Gasteiger partial charge in [-0.2, -0.15) is 0 Å². The van der Waals surface area contributed by atoms with Gasteiger partial charge in [-0.3, -0.25) is 9.59 Å². The van der Waals surface area contributed by atoms with Gasteiger partial charge >= 0.3 is 5.97 Å². The molecule has 0 radical (unpaired) electrons. The van der Waals surface area contributed by atoms with Gasteiger partial charge in [-0.15, -0.1) is 0 Å². The molecule has 0 aliphatic carbocycles. The number of nitrogens with one attached hydrogen (secondary N) is 1. The predicted octanol–water partition coefficient (Wildman–Crippen LogP) is 1.68. The Morgan fingerprint density at radius 1 is 1.12 bits per heavy atom. The highest BCUT2D eigenvalue weighted by Crippen LogP contribution is 2.43. The number of unbranched alkanes of at least 4 members (excludes halogenated alkanes) is 1. The van der Waals surface area contributed by atoms with Crippen LogP contribution in [0.2, 0.25) is 0 Å². The minimum atomic E-state index is -1.78. The predicted molar refractivity (Wildman–Crippen MR) is 191 cm³/mol. The summed E-state index contributed by atoms with van der Waals surface area (Å²) in [5.41, 5.74) is 2.95. The molecule has 3 heterocycles. The summed E-state index contributed by atoms with van der Waals surface area (Å²) in [6, 6.07) is -0.720. The first-order chi connectivity index (χ1) is 23.4. The first-order valence-corrected chi connectivity index (χ1v) is 19.1. The van der Waals surface area contributed by atoms with E-state index in [0.717, 1.165) is 25.8 Å². The van der Waals surface area contributed by atoms with Crippen molar-refractivity contribution in [3.8, 4) is 0 Å². The number of aliphatic hydroxyl groups excluding tert-OH is 2. The van der Waals surface area contributed by atoms with E-state index in [2.05, 4.69) is 17.1 Å². The standard InChI is InChI=1S/C37H70N4O9/c1-11-13-17-40(9)27-18-22(3)47-35(31(27)43)49-33-23(4)30(42)24(5)34(45)48-29(12-2)37(8,46)32(44)25(6)41(10)21-26-19-36(33,7)50-28(26)20-39-16-14-15-38/h22-29,31-33,35,39,43-44,46H,11-21,38H2,1-10H3/t22-,23+,24-,25-,26-,27+,28?,29-,31-,32-,33-,35+,36-,37-/m1/s1. The van der Waals surface area contributed by atoms with Crippen LogP contribution in [0, 0.1) is 17.8 Å². The van der Waals surface area contributed by atoms with Gasteiger partial charge in [0.1, 0.15) is 29.8 Å². The lowest BCUT2D eigenvalue weighted by atomic mass is 9.79. The Kier molecular flexibility index (Phi) is 16.1. The molecule has 292 valence electrons. The number of nitrogens with two attached hydrogens (primary N) is 1. The summed E-state index contributed by atoms with van der Waals surface area (Å²) < 4.78 is 25.8. The first kappa shape index (κ1) is 43.1. The number of Topliss-reactive ketones (excluding diaryl/α,β-unsaturated/α-hetero) is 1. The maximum atomic E-state index is 14.3. The number of hydrogen-bond donors (Lipinski definition) is 5. The van der Waals surface area contributed by atoms with Crippen LogP contribution in [0.25, 0.3) is 0 Å². The zero-order chi connectivity index (χ0) is 37.6. The molecule has 0 amide bonds. The number of aliphatic hydroxyl groups is 3. The van der Waals surface area contributed by atoms with E-state index in [1.165, 1.54) is 13.8 Å². The lowest BCUT2D eigenvalue weighted by molar-refractivity contribution is -0.295. The number of likely N-dealkylation sites (N-methyl/N-ethyl adjacent to an activating group) is 2. The fraction of sp³-hybridized carbons (Fsp3) is 0.946. The van der Waals surface area contributed by atoms with Crippen molar-refractivity contribution in [2.45, 2.75) is 160 Å². The molecular formula is C37H70N4O9. The van der Waals surface area contributed by atoms with Gasteiger partial charge in [0.15, 0.2) is 12.1 Å². The number of fused-ring (bicyclic) bond motifs is 2. The number of carbonyl (C=O) groups is 2. The number of hydrogen-bond acceptors (Lipinski definition) is 13. The van der Waals surface area contributed by atoms with E-state index < -0.39 is 71.5 Å². The average molecular weight is 715 g/mol. The monoisotopic (exact) mass is 715 g/mol. The van der Waals surface area contributed by atoms with E-state index in [-0.39, 0.29) is 30.6 Å². The zero-order valence-corrected chi connectivity index (χ0v) is 32.5.